The van der Waals surface area contributed by atoms with Gasteiger partial charge < -0.3 is 18.4 Å². The Morgan fingerprint density at radius 3 is 2.69 bits per heavy atom. The Balaban J connectivity index is 1.10. The van der Waals surface area contributed by atoms with Crippen LogP contribution >= 0.6 is 7.82 Å². The van der Waals surface area contributed by atoms with Gasteiger partial charge in [0.2, 0.25) is 0 Å². The molecule has 0 aromatic heterocycles. The summed E-state index contributed by atoms with van der Waals surface area (Å²) in [6.07, 6.45) is 16.3. The van der Waals surface area contributed by atoms with Gasteiger partial charge in [0.25, 0.3) is 7.82 Å². The number of quaternary nitrogens is 1. The molecule has 29 heavy (non-hydrogen) atoms. The fourth-order valence-electron chi connectivity index (χ4n) is 6.62. The predicted molar refractivity (Wildman–Crippen MR) is 113 cm³/mol. The van der Waals surface area contributed by atoms with Gasteiger partial charge in [-0.1, -0.05) is 11.6 Å². The third-order valence-electron chi connectivity index (χ3n) is 8.20. The second-order valence-electron chi connectivity index (χ2n) is 10.4. The van der Waals surface area contributed by atoms with Crippen LogP contribution in [0.4, 0.5) is 0 Å². The molecular weight excluding hydrogens is 385 g/mol. The summed E-state index contributed by atoms with van der Waals surface area (Å²) < 4.78 is 23.1. The van der Waals surface area contributed by atoms with Gasteiger partial charge in [0.05, 0.1) is 26.7 Å². The van der Waals surface area contributed by atoms with Crippen LogP contribution in [0.1, 0.15) is 70.6 Å². The van der Waals surface area contributed by atoms with Crippen molar-refractivity contribution in [2.24, 2.45) is 23.7 Å². The van der Waals surface area contributed by atoms with E-state index in [1.807, 2.05) is 0 Å². The summed E-state index contributed by atoms with van der Waals surface area (Å²) in [5, 5.41) is 0. The maximum Gasteiger partial charge on any atom is 0.268 e. The van der Waals surface area contributed by atoms with Crippen molar-refractivity contribution < 1.29 is 23.0 Å². The molecule has 0 aromatic carbocycles. The molecule has 1 saturated heterocycles. The Labute approximate surface area is 177 Å². The zero-order chi connectivity index (χ0) is 20.3. The van der Waals surface area contributed by atoms with Crippen molar-refractivity contribution in [3.63, 3.8) is 0 Å². The molecule has 6 heteroatoms. The molecule has 0 spiro atoms. The van der Waals surface area contributed by atoms with E-state index in [-0.39, 0.29) is 13.2 Å². The quantitative estimate of drug-likeness (QED) is 0.221. The summed E-state index contributed by atoms with van der Waals surface area (Å²) >= 11 is 0. The van der Waals surface area contributed by atoms with Crippen molar-refractivity contribution in [2.75, 3.05) is 39.9 Å². The maximum absolute atomic E-state index is 12.0. The first-order valence-electron chi connectivity index (χ1n) is 12.1. The third-order valence-corrected chi connectivity index (χ3v) is 9.20. The van der Waals surface area contributed by atoms with Crippen LogP contribution in [-0.2, 0) is 13.6 Å². The second kappa shape index (κ2) is 9.53. The van der Waals surface area contributed by atoms with Crippen molar-refractivity contribution in [1.82, 2.24) is 0 Å². The molecule has 3 saturated carbocycles. The number of likely N-dealkylation sites (N-methyl/N-ethyl adjacent to an activating group) is 1. The molecule has 0 aromatic rings. The Morgan fingerprint density at radius 1 is 1.07 bits per heavy atom. The molecule has 0 amide bonds. The highest BCUT2D eigenvalue weighted by molar-refractivity contribution is 7.45. The summed E-state index contributed by atoms with van der Waals surface area (Å²) in [6, 6.07) is 0. The number of nitrogens with zero attached hydrogens (tertiary/aromatic N) is 1. The Bertz CT molecular complexity index is 630. The van der Waals surface area contributed by atoms with Crippen LogP contribution in [0.25, 0.3) is 0 Å². The van der Waals surface area contributed by atoms with Crippen molar-refractivity contribution >= 4 is 7.82 Å². The van der Waals surface area contributed by atoms with Crippen LogP contribution in [0, 0.1) is 23.7 Å². The molecule has 4 rings (SSSR count). The maximum atomic E-state index is 12.0. The minimum atomic E-state index is -4.16. The van der Waals surface area contributed by atoms with Gasteiger partial charge in [0.1, 0.15) is 13.2 Å². The fourth-order valence-corrected chi connectivity index (χ4v) is 7.35. The number of rotatable bonds is 10. The Hall–Kier alpha value is -0.190. The Kier molecular flexibility index (Phi) is 7.23. The lowest BCUT2D eigenvalue weighted by Crippen LogP contribution is -2.49. The zero-order valence-corrected chi connectivity index (χ0v) is 19.1. The first-order chi connectivity index (χ1) is 13.9. The van der Waals surface area contributed by atoms with Crippen LogP contribution < -0.4 is 4.89 Å². The molecular formula is C23H40NO4P. The van der Waals surface area contributed by atoms with E-state index in [1.165, 1.54) is 51.4 Å². The molecule has 1 heterocycles. The topological polar surface area (TPSA) is 58.6 Å². The van der Waals surface area contributed by atoms with E-state index in [0.29, 0.717) is 0 Å². The normalized spacial score (nSPS) is 36.4. The van der Waals surface area contributed by atoms with Gasteiger partial charge >= 0.3 is 0 Å². The van der Waals surface area contributed by atoms with Gasteiger partial charge in [0, 0.05) is 0 Å². The monoisotopic (exact) mass is 425 g/mol. The molecule has 4 aliphatic rings. The van der Waals surface area contributed by atoms with E-state index in [0.717, 1.165) is 67.1 Å². The number of fused-ring (bicyclic) bond motifs is 2. The lowest BCUT2D eigenvalue weighted by molar-refractivity contribution is -0.914. The summed E-state index contributed by atoms with van der Waals surface area (Å²) in [6.45, 7) is 3.45. The van der Waals surface area contributed by atoms with E-state index in [1.54, 1.807) is 5.57 Å². The molecule has 5 nitrogen and oxygen atoms in total. The molecule has 0 N–H and O–H groups in total. The molecule has 4 fully saturated rings. The van der Waals surface area contributed by atoms with Gasteiger partial charge in [-0.25, -0.2) is 0 Å². The van der Waals surface area contributed by atoms with E-state index in [9.17, 15) is 9.46 Å². The number of hydrogen-bond donors (Lipinski definition) is 0. The average Bonchev–Trinajstić information content (AvgIpc) is 2.89. The average molecular weight is 426 g/mol. The van der Waals surface area contributed by atoms with E-state index in [4.69, 9.17) is 9.05 Å². The lowest BCUT2D eigenvalue weighted by Gasteiger charge is -2.38. The van der Waals surface area contributed by atoms with E-state index in [2.05, 4.69) is 13.1 Å². The zero-order valence-electron chi connectivity index (χ0n) is 18.2. The number of likely N-dealkylation sites (tertiary alicyclic amines) is 1. The van der Waals surface area contributed by atoms with Gasteiger partial charge in [-0.2, -0.15) is 0 Å². The lowest BCUT2D eigenvalue weighted by atomic mass is 9.68. The van der Waals surface area contributed by atoms with Crippen LogP contribution in [0.2, 0.25) is 0 Å². The SMILES string of the molecule is C[N+]1(CCOP(=O)([O-])OCCCC/C=C2\C3CCC4CC(C3)CC24)CCCCC1. The number of unbranched alkanes of at least 4 members (excludes halogenated alkanes) is 2. The Morgan fingerprint density at radius 2 is 1.86 bits per heavy atom. The minimum Gasteiger partial charge on any atom is -0.756 e. The summed E-state index contributed by atoms with van der Waals surface area (Å²) in [5.41, 5.74) is 1.75. The van der Waals surface area contributed by atoms with E-state index >= 15 is 0 Å². The van der Waals surface area contributed by atoms with Crippen molar-refractivity contribution in [1.29, 1.82) is 0 Å². The standard InChI is InChI=1S/C23H40NO4P/c1-24(11-5-3-6-12-24)13-15-28-29(25,26)27-14-7-2-4-8-22-20-9-10-21-17-19(16-20)18-23(21)22/h8,19-21,23H,2-7,9-18H2,1H3/b22-8+. The first-order valence-corrected chi connectivity index (χ1v) is 13.5. The first kappa shape index (κ1) is 22.0. The highest BCUT2D eigenvalue weighted by Gasteiger charge is 2.46. The summed E-state index contributed by atoms with van der Waals surface area (Å²) in [4.78, 5) is 12.0. The number of piperidine rings is 1. The predicted octanol–water partition coefficient (Wildman–Crippen LogP) is 4.67. The van der Waals surface area contributed by atoms with Crippen molar-refractivity contribution in [2.45, 2.75) is 70.6 Å². The second-order valence-corrected chi connectivity index (χ2v) is 11.8. The highest BCUT2D eigenvalue weighted by Crippen LogP contribution is 2.57. The van der Waals surface area contributed by atoms with Gasteiger partial charge in [-0.3, -0.25) is 4.57 Å². The van der Waals surface area contributed by atoms with Crippen LogP contribution in [0.3, 0.4) is 0 Å². The summed E-state index contributed by atoms with van der Waals surface area (Å²) in [5.74, 6) is 3.71. The molecule has 0 radical (unpaired) electrons. The molecule has 1 aliphatic heterocycles. The van der Waals surface area contributed by atoms with Gasteiger partial charge in [0.15, 0.2) is 0 Å². The number of hydrogen-bond acceptors (Lipinski definition) is 4. The fraction of sp³-hybridized carbons (Fsp3) is 0.913. The smallest absolute Gasteiger partial charge is 0.268 e. The largest absolute Gasteiger partial charge is 0.756 e. The molecule has 166 valence electrons. The molecule has 5 unspecified atom stereocenters. The molecule has 3 bridgehead atoms. The van der Waals surface area contributed by atoms with Crippen molar-refractivity contribution in [3.05, 3.63) is 11.6 Å². The van der Waals surface area contributed by atoms with Gasteiger partial charge in [-0.05, 0) is 94.3 Å². The van der Waals surface area contributed by atoms with Crippen LogP contribution in [0.5, 0.6) is 0 Å². The number of phosphoric ester groups is 1. The third kappa shape index (κ3) is 5.74. The van der Waals surface area contributed by atoms with Crippen LogP contribution in [-0.4, -0.2) is 44.4 Å². The minimum absolute atomic E-state index is 0.230. The summed E-state index contributed by atoms with van der Waals surface area (Å²) in [7, 11) is -1.97. The number of allylic oxidation sites excluding steroid dienone is 2. The van der Waals surface area contributed by atoms with Crippen molar-refractivity contribution in [3.8, 4) is 0 Å². The van der Waals surface area contributed by atoms with Crippen LogP contribution in [0.15, 0.2) is 11.6 Å². The molecule has 5 atom stereocenters. The highest BCUT2D eigenvalue weighted by atomic mass is 31.2. The number of phosphoric acid groups is 1. The van der Waals surface area contributed by atoms with Gasteiger partial charge in [-0.15, -0.1) is 0 Å². The van der Waals surface area contributed by atoms with E-state index < -0.39 is 7.82 Å². The molecule has 3 aliphatic carbocycles.